The Morgan fingerprint density at radius 3 is 2.70 bits per heavy atom. The number of methoxy groups -OCH3 is 1. The van der Waals surface area contributed by atoms with Crippen molar-refractivity contribution in [3.8, 4) is 11.8 Å². The molecular weight excluding hydrogens is 362 g/mol. The summed E-state index contributed by atoms with van der Waals surface area (Å²) in [6, 6.07) is 14.3. The smallest absolute Gasteiger partial charge is 0.279 e. The monoisotopic (exact) mass is 381 g/mol. The van der Waals surface area contributed by atoms with Gasteiger partial charge in [-0.1, -0.05) is 17.4 Å². The Balaban J connectivity index is 2.11. The molecule has 138 valence electrons. The summed E-state index contributed by atoms with van der Waals surface area (Å²) < 4.78 is 13.9. The predicted octanol–water partition coefficient (Wildman–Crippen LogP) is 3.36. The number of para-hydroxylation sites is 1. The highest BCUT2D eigenvalue weighted by molar-refractivity contribution is 7.16. The molecule has 3 aromatic rings. The Labute approximate surface area is 160 Å². The molecule has 0 spiro atoms. The molecule has 0 unspecified atom stereocenters. The summed E-state index contributed by atoms with van der Waals surface area (Å²) in [5.74, 6) is 0.407. The van der Waals surface area contributed by atoms with Gasteiger partial charge in [0.05, 0.1) is 29.5 Å². The third-order valence-corrected chi connectivity index (χ3v) is 4.98. The number of hydrogen-bond donors (Lipinski definition) is 0. The molecule has 0 radical (unpaired) electrons. The van der Waals surface area contributed by atoms with Crippen molar-refractivity contribution in [2.45, 2.75) is 13.5 Å². The van der Waals surface area contributed by atoms with Crippen LogP contribution in [0.3, 0.4) is 0 Å². The van der Waals surface area contributed by atoms with Crippen molar-refractivity contribution in [3.63, 3.8) is 0 Å². The topological polar surface area (TPSA) is 76.6 Å². The van der Waals surface area contributed by atoms with Gasteiger partial charge in [-0.2, -0.15) is 10.3 Å². The third-order valence-electron chi connectivity index (χ3n) is 3.94. The van der Waals surface area contributed by atoms with E-state index in [1.54, 1.807) is 31.4 Å². The number of carbonyl (C=O) groups excluding carboxylic acids is 1. The van der Waals surface area contributed by atoms with E-state index in [9.17, 15) is 4.79 Å². The lowest BCUT2D eigenvalue weighted by molar-refractivity contribution is 0.0997. The standard InChI is InChI=1S/C20H19N3O3S/c1-3-26-16-5-4-6-17-18(16)23(11-12-25-2)20(27-17)22-19(24)15-9-7-14(13-21)8-10-15/h4-10H,3,11-12H2,1-2H3. The van der Waals surface area contributed by atoms with Crippen LogP contribution in [-0.4, -0.2) is 30.8 Å². The lowest BCUT2D eigenvalue weighted by Crippen LogP contribution is -2.19. The minimum atomic E-state index is -0.352. The van der Waals surface area contributed by atoms with Crippen LogP contribution in [0, 0.1) is 11.3 Å². The van der Waals surface area contributed by atoms with E-state index < -0.39 is 0 Å². The number of ether oxygens (including phenoxy) is 2. The predicted molar refractivity (Wildman–Crippen MR) is 104 cm³/mol. The Morgan fingerprint density at radius 2 is 2.04 bits per heavy atom. The first-order chi connectivity index (χ1) is 13.2. The molecule has 3 rings (SSSR count). The van der Waals surface area contributed by atoms with Crippen LogP contribution in [0.15, 0.2) is 47.5 Å². The zero-order valence-corrected chi connectivity index (χ0v) is 16.0. The van der Waals surface area contributed by atoms with E-state index in [-0.39, 0.29) is 5.91 Å². The molecule has 0 atom stereocenters. The Kier molecular flexibility index (Phi) is 6.01. The summed E-state index contributed by atoms with van der Waals surface area (Å²) in [7, 11) is 1.64. The molecule has 7 heteroatoms. The first kappa shape index (κ1) is 18.8. The van der Waals surface area contributed by atoms with Gasteiger partial charge in [0.1, 0.15) is 11.3 Å². The maximum atomic E-state index is 12.6. The van der Waals surface area contributed by atoms with Crippen LogP contribution in [0.25, 0.3) is 10.2 Å². The fraction of sp³-hybridized carbons (Fsp3) is 0.250. The average Bonchev–Trinajstić information content (AvgIpc) is 3.04. The maximum Gasteiger partial charge on any atom is 0.279 e. The van der Waals surface area contributed by atoms with Crippen LogP contribution in [-0.2, 0) is 11.3 Å². The first-order valence-corrected chi connectivity index (χ1v) is 9.33. The maximum absolute atomic E-state index is 12.6. The fourth-order valence-electron chi connectivity index (χ4n) is 2.68. The van der Waals surface area contributed by atoms with Crippen molar-refractivity contribution in [3.05, 3.63) is 58.4 Å². The van der Waals surface area contributed by atoms with Crippen molar-refractivity contribution < 1.29 is 14.3 Å². The van der Waals surface area contributed by atoms with Gasteiger partial charge in [-0.25, -0.2) is 0 Å². The highest BCUT2D eigenvalue weighted by Gasteiger charge is 2.13. The zero-order chi connectivity index (χ0) is 19.2. The van der Waals surface area contributed by atoms with Crippen LogP contribution in [0.4, 0.5) is 0 Å². The normalized spacial score (nSPS) is 11.5. The molecule has 0 aliphatic heterocycles. The molecule has 0 saturated carbocycles. The molecule has 0 N–H and O–H groups in total. The second kappa shape index (κ2) is 8.62. The van der Waals surface area contributed by atoms with Gasteiger partial charge in [0.2, 0.25) is 0 Å². The van der Waals surface area contributed by atoms with Gasteiger partial charge in [0.25, 0.3) is 5.91 Å². The van der Waals surface area contributed by atoms with Gasteiger partial charge in [0, 0.05) is 19.2 Å². The molecule has 2 aromatic carbocycles. The molecule has 0 aliphatic carbocycles. The molecule has 6 nitrogen and oxygen atoms in total. The molecule has 1 aromatic heterocycles. The van der Waals surface area contributed by atoms with Crippen molar-refractivity contribution in [1.82, 2.24) is 4.57 Å². The molecule has 0 aliphatic rings. The number of benzene rings is 2. The largest absolute Gasteiger partial charge is 0.492 e. The third kappa shape index (κ3) is 4.08. The zero-order valence-electron chi connectivity index (χ0n) is 15.1. The molecule has 0 saturated heterocycles. The summed E-state index contributed by atoms with van der Waals surface area (Å²) in [6.45, 7) is 3.53. The van der Waals surface area contributed by atoms with E-state index in [0.29, 0.717) is 35.7 Å². The van der Waals surface area contributed by atoms with Crippen molar-refractivity contribution in [2.75, 3.05) is 20.3 Å². The summed E-state index contributed by atoms with van der Waals surface area (Å²) in [6.07, 6.45) is 0. The molecule has 27 heavy (non-hydrogen) atoms. The summed E-state index contributed by atoms with van der Waals surface area (Å²) in [4.78, 5) is 17.5. The highest BCUT2D eigenvalue weighted by atomic mass is 32.1. The molecular formula is C20H19N3O3S. The van der Waals surface area contributed by atoms with Crippen LogP contribution in [0.5, 0.6) is 5.75 Å². The van der Waals surface area contributed by atoms with Crippen molar-refractivity contribution in [1.29, 1.82) is 5.26 Å². The summed E-state index contributed by atoms with van der Waals surface area (Å²) in [5.41, 5.74) is 1.85. The second-order valence-electron chi connectivity index (χ2n) is 5.67. The number of hydrogen-bond acceptors (Lipinski definition) is 5. The van der Waals surface area contributed by atoms with Crippen molar-refractivity contribution >= 4 is 27.5 Å². The molecule has 1 heterocycles. The van der Waals surface area contributed by atoms with Gasteiger partial charge in [-0.05, 0) is 43.3 Å². The first-order valence-electron chi connectivity index (χ1n) is 8.51. The van der Waals surface area contributed by atoms with E-state index in [2.05, 4.69) is 4.99 Å². The van der Waals surface area contributed by atoms with Crippen LogP contribution < -0.4 is 9.54 Å². The van der Waals surface area contributed by atoms with Crippen molar-refractivity contribution in [2.24, 2.45) is 4.99 Å². The van der Waals surface area contributed by atoms with E-state index >= 15 is 0 Å². The van der Waals surface area contributed by atoms with E-state index in [1.165, 1.54) is 11.3 Å². The number of rotatable bonds is 6. The Morgan fingerprint density at radius 1 is 1.26 bits per heavy atom. The minimum absolute atomic E-state index is 0.352. The van der Waals surface area contributed by atoms with Crippen LogP contribution in [0.2, 0.25) is 0 Å². The number of carbonyl (C=O) groups is 1. The summed E-state index contributed by atoms with van der Waals surface area (Å²) >= 11 is 1.43. The van der Waals surface area contributed by atoms with Crippen LogP contribution >= 0.6 is 11.3 Å². The quantitative estimate of drug-likeness (QED) is 0.656. The molecule has 0 bridgehead atoms. The van der Waals surface area contributed by atoms with Gasteiger partial charge in [-0.15, -0.1) is 0 Å². The van der Waals surface area contributed by atoms with E-state index in [4.69, 9.17) is 14.7 Å². The fourth-order valence-corrected chi connectivity index (χ4v) is 3.76. The summed E-state index contributed by atoms with van der Waals surface area (Å²) in [5, 5.41) is 8.89. The number of aromatic nitrogens is 1. The van der Waals surface area contributed by atoms with Crippen LogP contribution in [0.1, 0.15) is 22.8 Å². The molecule has 0 fully saturated rings. The Hall–Kier alpha value is -2.95. The molecule has 1 amide bonds. The van der Waals surface area contributed by atoms with Gasteiger partial charge in [-0.3, -0.25) is 4.79 Å². The van der Waals surface area contributed by atoms with Gasteiger partial charge in [0.15, 0.2) is 4.80 Å². The van der Waals surface area contributed by atoms with E-state index in [1.807, 2.05) is 35.8 Å². The lowest BCUT2D eigenvalue weighted by Gasteiger charge is -2.09. The number of thiazole rings is 1. The SMILES string of the molecule is CCOc1cccc2sc(=NC(=O)c3ccc(C#N)cc3)n(CCOC)c12. The number of nitriles is 1. The van der Waals surface area contributed by atoms with E-state index in [0.717, 1.165) is 16.0 Å². The lowest BCUT2D eigenvalue weighted by atomic mass is 10.1. The number of nitrogens with zero attached hydrogens (tertiary/aromatic N) is 3. The number of amides is 1. The minimum Gasteiger partial charge on any atom is -0.492 e. The number of fused-ring (bicyclic) bond motifs is 1. The highest BCUT2D eigenvalue weighted by Crippen LogP contribution is 2.27. The van der Waals surface area contributed by atoms with Gasteiger partial charge < -0.3 is 14.0 Å². The van der Waals surface area contributed by atoms with Gasteiger partial charge >= 0.3 is 0 Å². The second-order valence-corrected chi connectivity index (χ2v) is 6.68. The Bertz CT molecular complexity index is 1060. The average molecular weight is 381 g/mol.